The fraction of sp³-hybridized carbons (Fsp3) is 0.750. The third-order valence-corrected chi connectivity index (χ3v) is 2.08. The van der Waals surface area contributed by atoms with Gasteiger partial charge in [0.05, 0.1) is 6.61 Å². The molecule has 0 aromatic heterocycles. The van der Waals surface area contributed by atoms with Crippen molar-refractivity contribution in [1.82, 2.24) is 0 Å². The van der Waals surface area contributed by atoms with E-state index in [0.717, 1.165) is 12.8 Å². The Labute approximate surface area is 97.3 Å². The number of esters is 2. The van der Waals surface area contributed by atoms with Crippen molar-refractivity contribution in [3.8, 4) is 0 Å². The van der Waals surface area contributed by atoms with E-state index in [4.69, 9.17) is 9.47 Å². The fourth-order valence-electron chi connectivity index (χ4n) is 1.32. The summed E-state index contributed by atoms with van der Waals surface area (Å²) in [6, 6.07) is 0. The van der Waals surface area contributed by atoms with Crippen LogP contribution in [-0.4, -0.2) is 24.6 Å². The van der Waals surface area contributed by atoms with Crippen LogP contribution in [0.2, 0.25) is 0 Å². The Morgan fingerprint density at radius 1 is 1.31 bits per heavy atom. The maximum Gasteiger partial charge on any atom is 0.305 e. The standard InChI is InChI=1S/C12H21O4/c1-4-7-11(16-10(3)13)8-6-9-15-12(14)5-2/h11H,1,4-9H2,2-3H3. The van der Waals surface area contributed by atoms with Crippen LogP contribution in [0.5, 0.6) is 0 Å². The van der Waals surface area contributed by atoms with Crippen molar-refractivity contribution in [2.75, 3.05) is 6.61 Å². The zero-order valence-electron chi connectivity index (χ0n) is 10.2. The van der Waals surface area contributed by atoms with Gasteiger partial charge in [-0.3, -0.25) is 9.59 Å². The highest BCUT2D eigenvalue weighted by Crippen LogP contribution is 2.09. The van der Waals surface area contributed by atoms with Gasteiger partial charge in [-0.2, -0.15) is 0 Å². The van der Waals surface area contributed by atoms with Gasteiger partial charge in [0.2, 0.25) is 0 Å². The molecule has 0 spiro atoms. The minimum Gasteiger partial charge on any atom is -0.466 e. The zero-order chi connectivity index (χ0) is 12.4. The van der Waals surface area contributed by atoms with E-state index in [1.165, 1.54) is 6.92 Å². The predicted molar refractivity (Wildman–Crippen MR) is 60.6 cm³/mol. The van der Waals surface area contributed by atoms with Crippen molar-refractivity contribution in [3.63, 3.8) is 0 Å². The van der Waals surface area contributed by atoms with Crippen LogP contribution < -0.4 is 0 Å². The summed E-state index contributed by atoms with van der Waals surface area (Å²) in [5.74, 6) is -0.467. The fourth-order valence-corrected chi connectivity index (χ4v) is 1.32. The summed E-state index contributed by atoms with van der Waals surface area (Å²) in [6.45, 7) is 7.27. The molecule has 0 aromatic carbocycles. The van der Waals surface area contributed by atoms with Gasteiger partial charge in [0.25, 0.3) is 0 Å². The van der Waals surface area contributed by atoms with Crippen LogP contribution >= 0.6 is 0 Å². The number of carbonyl (C=O) groups is 2. The SMILES string of the molecule is [CH2]CCC(CCCOC(=O)CC)OC(C)=O. The topological polar surface area (TPSA) is 52.6 Å². The second kappa shape index (κ2) is 9.19. The average Bonchev–Trinajstić information content (AvgIpc) is 2.23. The predicted octanol–water partition coefficient (Wildman–Crippen LogP) is 2.27. The first-order chi connectivity index (χ1) is 7.60. The van der Waals surface area contributed by atoms with E-state index in [-0.39, 0.29) is 18.0 Å². The highest BCUT2D eigenvalue weighted by Gasteiger charge is 2.10. The number of ether oxygens (including phenoxy) is 2. The lowest BCUT2D eigenvalue weighted by molar-refractivity contribution is -0.148. The van der Waals surface area contributed by atoms with Gasteiger partial charge in [-0.25, -0.2) is 0 Å². The molecular formula is C12H21O4. The Morgan fingerprint density at radius 3 is 2.50 bits per heavy atom. The quantitative estimate of drug-likeness (QED) is 0.473. The first-order valence-corrected chi connectivity index (χ1v) is 5.72. The van der Waals surface area contributed by atoms with Crippen LogP contribution in [0.1, 0.15) is 46.0 Å². The third-order valence-electron chi connectivity index (χ3n) is 2.08. The molecule has 1 unspecified atom stereocenters. The number of hydrogen-bond donors (Lipinski definition) is 0. The Bertz CT molecular complexity index is 213. The zero-order valence-corrected chi connectivity index (χ0v) is 10.2. The summed E-state index contributed by atoms with van der Waals surface area (Å²) in [6.07, 6.45) is 3.20. The average molecular weight is 229 g/mol. The molecule has 1 atom stereocenters. The van der Waals surface area contributed by atoms with E-state index in [2.05, 4.69) is 6.92 Å². The molecule has 4 nitrogen and oxygen atoms in total. The molecule has 0 saturated heterocycles. The first-order valence-electron chi connectivity index (χ1n) is 5.72. The molecule has 0 aromatic rings. The van der Waals surface area contributed by atoms with Gasteiger partial charge >= 0.3 is 11.9 Å². The Hall–Kier alpha value is -1.06. The van der Waals surface area contributed by atoms with Crippen LogP contribution in [0.3, 0.4) is 0 Å². The molecule has 0 saturated carbocycles. The summed E-state index contributed by atoms with van der Waals surface area (Å²) < 4.78 is 10.0. The third kappa shape index (κ3) is 8.26. The smallest absolute Gasteiger partial charge is 0.305 e. The summed E-state index contributed by atoms with van der Waals surface area (Å²) in [5.41, 5.74) is 0. The van der Waals surface area contributed by atoms with Crippen molar-refractivity contribution in [1.29, 1.82) is 0 Å². The van der Waals surface area contributed by atoms with Crippen molar-refractivity contribution >= 4 is 11.9 Å². The van der Waals surface area contributed by atoms with Gasteiger partial charge in [0, 0.05) is 13.3 Å². The number of rotatable bonds is 8. The lowest BCUT2D eigenvalue weighted by Gasteiger charge is -2.15. The Kier molecular flexibility index (Phi) is 8.58. The Morgan fingerprint density at radius 2 is 2.00 bits per heavy atom. The summed E-state index contributed by atoms with van der Waals surface area (Å²) in [7, 11) is 0. The minimum absolute atomic E-state index is 0.102. The van der Waals surface area contributed by atoms with Crippen molar-refractivity contribution < 1.29 is 19.1 Å². The van der Waals surface area contributed by atoms with Crippen LogP contribution in [0, 0.1) is 6.92 Å². The molecule has 0 rings (SSSR count). The molecule has 0 fully saturated rings. The molecule has 16 heavy (non-hydrogen) atoms. The van der Waals surface area contributed by atoms with E-state index < -0.39 is 0 Å². The molecule has 0 aliphatic heterocycles. The molecule has 0 bridgehead atoms. The Balaban J connectivity index is 3.67. The second-order valence-electron chi connectivity index (χ2n) is 3.59. The van der Waals surface area contributed by atoms with Gasteiger partial charge in [0.15, 0.2) is 0 Å². The number of hydrogen-bond acceptors (Lipinski definition) is 4. The monoisotopic (exact) mass is 229 g/mol. The number of carbonyl (C=O) groups excluding carboxylic acids is 2. The van der Waals surface area contributed by atoms with Crippen LogP contribution in [-0.2, 0) is 19.1 Å². The molecular weight excluding hydrogens is 208 g/mol. The van der Waals surface area contributed by atoms with E-state index in [1.54, 1.807) is 6.92 Å². The van der Waals surface area contributed by atoms with E-state index in [0.29, 0.717) is 25.9 Å². The molecule has 0 amide bonds. The lowest BCUT2D eigenvalue weighted by Crippen LogP contribution is -2.17. The molecule has 0 heterocycles. The molecule has 0 aliphatic carbocycles. The maximum atomic E-state index is 10.8. The van der Waals surface area contributed by atoms with Crippen LogP contribution in [0.15, 0.2) is 0 Å². The largest absolute Gasteiger partial charge is 0.466 e. The normalized spacial score (nSPS) is 11.9. The van der Waals surface area contributed by atoms with Crippen LogP contribution in [0.4, 0.5) is 0 Å². The van der Waals surface area contributed by atoms with Gasteiger partial charge in [-0.1, -0.05) is 13.8 Å². The van der Waals surface area contributed by atoms with Gasteiger partial charge in [-0.05, 0) is 25.7 Å². The molecule has 93 valence electrons. The van der Waals surface area contributed by atoms with Gasteiger partial charge < -0.3 is 9.47 Å². The van der Waals surface area contributed by atoms with Gasteiger partial charge in [-0.15, -0.1) is 0 Å². The highest BCUT2D eigenvalue weighted by molar-refractivity contribution is 5.68. The van der Waals surface area contributed by atoms with E-state index in [1.807, 2.05) is 0 Å². The maximum absolute atomic E-state index is 10.8. The molecule has 1 radical (unpaired) electrons. The summed E-state index contributed by atoms with van der Waals surface area (Å²) >= 11 is 0. The highest BCUT2D eigenvalue weighted by atomic mass is 16.5. The first kappa shape index (κ1) is 14.9. The second-order valence-corrected chi connectivity index (χ2v) is 3.59. The van der Waals surface area contributed by atoms with E-state index >= 15 is 0 Å². The van der Waals surface area contributed by atoms with E-state index in [9.17, 15) is 9.59 Å². The van der Waals surface area contributed by atoms with Crippen molar-refractivity contribution in [2.45, 2.75) is 52.1 Å². The molecule has 4 heteroatoms. The van der Waals surface area contributed by atoms with Gasteiger partial charge in [0.1, 0.15) is 6.10 Å². The van der Waals surface area contributed by atoms with Crippen molar-refractivity contribution in [3.05, 3.63) is 6.92 Å². The lowest BCUT2D eigenvalue weighted by atomic mass is 10.1. The van der Waals surface area contributed by atoms with Crippen molar-refractivity contribution in [2.24, 2.45) is 0 Å². The van der Waals surface area contributed by atoms with Crippen LogP contribution in [0.25, 0.3) is 0 Å². The summed E-state index contributed by atoms with van der Waals surface area (Å²) in [5, 5.41) is 0. The summed E-state index contributed by atoms with van der Waals surface area (Å²) in [4.78, 5) is 21.6. The molecule has 0 N–H and O–H groups in total. The minimum atomic E-state index is -0.274. The molecule has 0 aliphatic rings.